The van der Waals surface area contributed by atoms with Crippen LogP contribution >= 0.6 is 11.6 Å². The number of halogens is 1. The van der Waals surface area contributed by atoms with E-state index in [2.05, 4.69) is 19.2 Å². The molecule has 0 saturated carbocycles. The van der Waals surface area contributed by atoms with Gasteiger partial charge in [-0.15, -0.1) is 0 Å². The molecule has 0 aliphatic heterocycles. The van der Waals surface area contributed by atoms with E-state index >= 15 is 0 Å². The number of hydrogen-bond acceptors (Lipinski definition) is 2. The smallest absolute Gasteiger partial charge is 0.337 e. The van der Waals surface area contributed by atoms with Crippen molar-refractivity contribution < 1.29 is 9.90 Å². The van der Waals surface area contributed by atoms with Gasteiger partial charge in [0.05, 0.1) is 11.3 Å². The Morgan fingerprint density at radius 1 is 1.25 bits per heavy atom. The Hall–Kier alpha value is -1.22. The molecule has 20 heavy (non-hydrogen) atoms. The average molecular weight is 298 g/mol. The third-order valence-electron chi connectivity index (χ3n) is 3.24. The molecule has 0 atom stereocenters. The topological polar surface area (TPSA) is 49.3 Å². The zero-order valence-corrected chi connectivity index (χ0v) is 13.0. The first-order valence-electron chi connectivity index (χ1n) is 7.27. The summed E-state index contributed by atoms with van der Waals surface area (Å²) in [4.78, 5) is 11.1. The second-order valence-electron chi connectivity index (χ2n) is 5.52. The Bertz CT molecular complexity index is 432. The fraction of sp³-hybridized carbons (Fsp3) is 0.562. The minimum Gasteiger partial charge on any atom is -0.478 e. The molecule has 2 N–H and O–H groups in total. The van der Waals surface area contributed by atoms with Crippen molar-refractivity contribution in [3.63, 3.8) is 0 Å². The predicted octanol–water partition coefficient (Wildman–Crippen LogP) is 5.06. The van der Waals surface area contributed by atoms with Crippen LogP contribution in [0.5, 0.6) is 0 Å². The van der Waals surface area contributed by atoms with Crippen LogP contribution in [0.3, 0.4) is 0 Å². The van der Waals surface area contributed by atoms with E-state index in [-0.39, 0.29) is 5.56 Å². The number of aromatic carboxylic acids is 1. The molecule has 4 heteroatoms. The van der Waals surface area contributed by atoms with Crippen molar-refractivity contribution in [1.82, 2.24) is 0 Å². The molecular weight excluding hydrogens is 274 g/mol. The van der Waals surface area contributed by atoms with Crippen molar-refractivity contribution in [3.8, 4) is 0 Å². The largest absolute Gasteiger partial charge is 0.478 e. The van der Waals surface area contributed by atoms with Crippen LogP contribution in [-0.2, 0) is 0 Å². The van der Waals surface area contributed by atoms with E-state index in [1.54, 1.807) is 12.1 Å². The summed E-state index contributed by atoms with van der Waals surface area (Å²) >= 11 is 5.90. The van der Waals surface area contributed by atoms with Gasteiger partial charge in [0.15, 0.2) is 0 Å². The number of anilines is 1. The number of carbonyl (C=O) groups is 1. The first-order valence-corrected chi connectivity index (χ1v) is 7.65. The summed E-state index contributed by atoms with van der Waals surface area (Å²) in [6, 6.07) is 4.81. The molecule has 0 fully saturated rings. The fourth-order valence-corrected chi connectivity index (χ4v) is 2.28. The Labute approximate surface area is 126 Å². The van der Waals surface area contributed by atoms with Crippen LogP contribution in [0, 0.1) is 5.92 Å². The van der Waals surface area contributed by atoms with Crippen molar-refractivity contribution in [1.29, 1.82) is 0 Å². The second-order valence-corrected chi connectivity index (χ2v) is 5.96. The Morgan fingerprint density at radius 2 is 1.95 bits per heavy atom. The molecule has 1 aromatic rings. The van der Waals surface area contributed by atoms with Crippen LogP contribution in [0.15, 0.2) is 18.2 Å². The van der Waals surface area contributed by atoms with Crippen LogP contribution in [0.25, 0.3) is 0 Å². The number of benzene rings is 1. The van der Waals surface area contributed by atoms with Gasteiger partial charge in [0.2, 0.25) is 0 Å². The number of carboxylic acid groups (broad SMARTS) is 1. The van der Waals surface area contributed by atoms with E-state index in [1.165, 1.54) is 31.7 Å². The fourth-order valence-electron chi connectivity index (χ4n) is 2.10. The van der Waals surface area contributed by atoms with Gasteiger partial charge in [-0.05, 0) is 30.5 Å². The maximum atomic E-state index is 11.1. The quantitative estimate of drug-likeness (QED) is 0.627. The summed E-state index contributed by atoms with van der Waals surface area (Å²) in [6.45, 7) is 5.27. The number of carboxylic acids is 1. The lowest BCUT2D eigenvalue weighted by Crippen LogP contribution is -2.07. The van der Waals surface area contributed by atoms with Gasteiger partial charge < -0.3 is 10.4 Å². The number of nitrogens with one attached hydrogen (secondary N) is 1. The summed E-state index contributed by atoms with van der Waals surface area (Å²) in [6.07, 6.45) is 6.01. The molecule has 0 aliphatic rings. The molecule has 0 unspecified atom stereocenters. The van der Waals surface area contributed by atoms with Crippen molar-refractivity contribution in [2.24, 2.45) is 5.92 Å². The zero-order chi connectivity index (χ0) is 15.0. The second kappa shape index (κ2) is 8.85. The van der Waals surface area contributed by atoms with Gasteiger partial charge in [-0.25, -0.2) is 4.79 Å². The molecule has 0 aromatic heterocycles. The highest BCUT2D eigenvalue weighted by Crippen LogP contribution is 2.21. The van der Waals surface area contributed by atoms with E-state index in [0.29, 0.717) is 10.7 Å². The van der Waals surface area contributed by atoms with Crippen LogP contribution < -0.4 is 5.32 Å². The van der Waals surface area contributed by atoms with E-state index in [9.17, 15) is 4.79 Å². The van der Waals surface area contributed by atoms with Crippen LogP contribution in [0.2, 0.25) is 5.02 Å². The third kappa shape index (κ3) is 6.29. The van der Waals surface area contributed by atoms with Gasteiger partial charge in [0, 0.05) is 11.6 Å². The van der Waals surface area contributed by atoms with Crippen molar-refractivity contribution in [2.75, 3.05) is 11.9 Å². The molecule has 0 aliphatic carbocycles. The molecule has 0 spiro atoms. The van der Waals surface area contributed by atoms with Crippen LogP contribution in [-0.4, -0.2) is 17.6 Å². The van der Waals surface area contributed by atoms with E-state index in [4.69, 9.17) is 16.7 Å². The predicted molar refractivity (Wildman–Crippen MR) is 84.8 cm³/mol. The highest BCUT2D eigenvalue weighted by atomic mass is 35.5. The van der Waals surface area contributed by atoms with Gasteiger partial charge >= 0.3 is 5.97 Å². The van der Waals surface area contributed by atoms with Crippen molar-refractivity contribution in [2.45, 2.75) is 46.0 Å². The Kier molecular flexibility index (Phi) is 7.45. The maximum Gasteiger partial charge on any atom is 0.337 e. The number of rotatable bonds is 9. The van der Waals surface area contributed by atoms with Crippen LogP contribution in [0.4, 0.5) is 5.69 Å². The summed E-state index contributed by atoms with van der Waals surface area (Å²) in [7, 11) is 0. The van der Waals surface area contributed by atoms with Crippen LogP contribution in [0.1, 0.15) is 56.3 Å². The summed E-state index contributed by atoms with van der Waals surface area (Å²) < 4.78 is 0. The first kappa shape index (κ1) is 16.8. The zero-order valence-electron chi connectivity index (χ0n) is 12.3. The summed E-state index contributed by atoms with van der Waals surface area (Å²) in [5.41, 5.74) is 0.876. The summed E-state index contributed by atoms with van der Waals surface area (Å²) in [5.74, 6) is -0.154. The maximum absolute atomic E-state index is 11.1. The molecule has 1 rings (SSSR count). The molecule has 0 amide bonds. The van der Waals surface area contributed by atoms with E-state index < -0.39 is 5.97 Å². The molecule has 0 heterocycles. The molecule has 3 nitrogen and oxygen atoms in total. The highest BCUT2D eigenvalue weighted by Gasteiger charge is 2.09. The lowest BCUT2D eigenvalue weighted by molar-refractivity contribution is 0.0698. The van der Waals surface area contributed by atoms with Gasteiger partial charge in [-0.2, -0.15) is 0 Å². The average Bonchev–Trinajstić information content (AvgIpc) is 2.37. The van der Waals surface area contributed by atoms with Gasteiger partial charge in [0.25, 0.3) is 0 Å². The number of unbranched alkanes of at least 4 members (excludes halogenated alkanes) is 3. The van der Waals surface area contributed by atoms with E-state index in [1.807, 2.05) is 0 Å². The standard InChI is InChI=1S/C16H24ClNO2/c1-12(2)7-5-3-4-6-10-18-15-11-13(17)8-9-14(15)16(19)20/h8-9,11-12,18H,3-7,10H2,1-2H3,(H,19,20). The molecule has 0 radical (unpaired) electrons. The lowest BCUT2D eigenvalue weighted by atomic mass is 10.0. The molecular formula is C16H24ClNO2. The lowest BCUT2D eigenvalue weighted by Gasteiger charge is -2.10. The SMILES string of the molecule is CC(C)CCCCCCNc1cc(Cl)ccc1C(=O)O. The van der Waals surface area contributed by atoms with Gasteiger partial charge in [0.1, 0.15) is 0 Å². The molecule has 0 bridgehead atoms. The van der Waals surface area contributed by atoms with E-state index in [0.717, 1.165) is 18.9 Å². The summed E-state index contributed by atoms with van der Waals surface area (Å²) in [5, 5.41) is 12.8. The monoisotopic (exact) mass is 297 g/mol. The molecule has 0 saturated heterocycles. The first-order chi connectivity index (χ1) is 9.50. The van der Waals surface area contributed by atoms with Crippen molar-refractivity contribution in [3.05, 3.63) is 28.8 Å². The third-order valence-corrected chi connectivity index (χ3v) is 3.47. The van der Waals surface area contributed by atoms with Gasteiger partial charge in [-0.1, -0.05) is 51.1 Å². The Morgan fingerprint density at radius 3 is 2.60 bits per heavy atom. The minimum absolute atomic E-state index is 0.272. The molecule has 1 aromatic carbocycles. The number of hydrogen-bond donors (Lipinski definition) is 2. The van der Waals surface area contributed by atoms with Crippen molar-refractivity contribution >= 4 is 23.3 Å². The molecule has 112 valence electrons. The highest BCUT2D eigenvalue weighted by molar-refractivity contribution is 6.31. The normalized spacial score (nSPS) is 10.8. The Balaban J connectivity index is 2.31. The minimum atomic E-state index is -0.930. The van der Waals surface area contributed by atoms with Gasteiger partial charge in [-0.3, -0.25) is 0 Å².